The zero-order valence-corrected chi connectivity index (χ0v) is 12.0. The van der Waals surface area contributed by atoms with E-state index < -0.39 is 0 Å². The van der Waals surface area contributed by atoms with Crippen LogP contribution in [0.1, 0.15) is 46.5 Å². The zero-order valence-electron chi connectivity index (χ0n) is 9.71. The van der Waals surface area contributed by atoms with E-state index >= 15 is 0 Å². The van der Waals surface area contributed by atoms with E-state index in [4.69, 9.17) is 0 Å². The molecule has 0 aromatic carbocycles. The van der Waals surface area contributed by atoms with Gasteiger partial charge in [-0.2, -0.15) is 20.3 Å². The summed E-state index contributed by atoms with van der Waals surface area (Å²) >= 11 is 0. The molecule has 0 aliphatic heterocycles. The van der Waals surface area contributed by atoms with Gasteiger partial charge in [-0.3, -0.25) is 5.57 Å². The van der Waals surface area contributed by atoms with E-state index in [-0.39, 0.29) is 21.1 Å². The van der Waals surface area contributed by atoms with E-state index in [1.165, 1.54) is 24.8 Å². The van der Waals surface area contributed by atoms with Gasteiger partial charge in [-0.25, -0.2) is 0 Å². The Hall–Kier alpha value is 0.168. The van der Waals surface area contributed by atoms with Crippen LogP contribution >= 0.6 is 0 Å². The Balaban J connectivity index is -0.000000216. The average molecular weight is 374 g/mol. The molecule has 1 heteroatoms. The third-order valence-electron chi connectivity index (χ3n) is 1.59. The average Bonchev–Trinajstić information content (AvgIpc) is 2.18. The first kappa shape index (κ1) is 19.7. The van der Waals surface area contributed by atoms with Crippen LogP contribution in [0.4, 0.5) is 0 Å². The standard InChI is InChI=1S/C9H13.2C2H5.Pt/c1-9-7-5-3-2-4-6-8-9;2*1-2;/h2-3H,4-7H2,1H3;2*1H2,2H3;/q3*-1;/b3-2-;;;. The van der Waals surface area contributed by atoms with E-state index in [1.807, 2.05) is 0 Å². The summed E-state index contributed by atoms with van der Waals surface area (Å²) in [6.45, 7) is 12.2. The van der Waals surface area contributed by atoms with Crippen molar-refractivity contribution in [2.24, 2.45) is 0 Å². The first-order chi connectivity index (χ1) is 6.39. The summed E-state index contributed by atoms with van der Waals surface area (Å²) in [6.07, 6.45) is 12.6. The molecule has 0 heterocycles. The minimum absolute atomic E-state index is 0. The van der Waals surface area contributed by atoms with Gasteiger partial charge in [0.05, 0.1) is 0 Å². The molecule has 0 fully saturated rings. The van der Waals surface area contributed by atoms with Crippen molar-refractivity contribution >= 4 is 0 Å². The quantitative estimate of drug-likeness (QED) is 0.431. The minimum atomic E-state index is 0. The van der Waals surface area contributed by atoms with Gasteiger partial charge in [0.25, 0.3) is 0 Å². The first-order valence-corrected chi connectivity index (χ1v) is 5.02. The van der Waals surface area contributed by atoms with Crippen molar-refractivity contribution < 1.29 is 21.1 Å². The Labute approximate surface area is 105 Å². The molecule has 0 unspecified atom stereocenters. The molecule has 1 rings (SSSR count). The fourth-order valence-electron chi connectivity index (χ4n) is 0.993. The van der Waals surface area contributed by atoms with Gasteiger partial charge >= 0.3 is 0 Å². The Morgan fingerprint density at radius 2 is 1.57 bits per heavy atom. The van der Waals surface area contributed by atoms with Gasteiger partial charge in [-0.05, 0) is 6.42 Å². The summed E-state index contributed by atoms with van der Waals surface area (Å²) < 4.78 is 0. The molecule has 0 aromatic heterocycles. The summed E-state index contributed by atoms with van der Waals surface area (Å²) in [5.41, 5.74) is 1.43. The molecule has 1 aliphatic carbocycles. The monoisotopic (exact) mass is 374 g/mol. The van der Waals surface area contributed by atoms with Gasteiger partial charge in [-0.15, -0.1) is 0 Å². The van der Waals surface area contributed by atoms with E-state index in [9.17, 15) is 0 Å². The van der Waals surface area contributed by atoms with Crippen molar-refractivity contribution in [1.29, 1.82) is 0 Å². The van der Waals surface area contributed by atoms with Crippen molar-refractivity contribution in [1.82, 2.24) is 0 Å². The summed E-state index contributed by atoms with van der Waals surface area (Å²) in [7, 11) is 0. The Bertz CT molecular complexity index is 134. The fraction of sp³-hybridized carbons (Fsp3) is 0.538. The molecule has 88 valence electrons. The summed E-state index contributed by atoms with van der Waals surface area (Å²) in [4.78, 5) is 0. The fourth-order valence-corrected chi connectivity index (χ4v) is 0.993. The third kappa shape index (κ3) is 14.7. The molecular weight excluding hydrogens is 351 g/mol. The van der Waals surface area contributed by atoms with Crippen LogP contribution in [0.15, 0.2) is 17.7 Å². The van der Waals surface area contributed by atoms with Crippen LogP contribution in [0.3, 0.4) is 0 Å². The van der Waals surface area contributed by atoms with Crippen LogP contribution in [-0.4, -0.2) is 0 Å². The van der Waals surface area contributed by atoms with Gasteiger partial charge in [0.1, 0.15) is 0 Å². The molecule has 0 atom stereocenters. The topological polar surface area (TPSA) is 0 Å². The summed E-state index contributed by atoms with van der Waals surface area (Å²) in [6, 6.07) is 0. The largest absolute Gasteiger partial charge is 0.497 e. The Morgan fingerprint density at radius 3 is 2.14 bits per heavy atom. The molecule has 0 aromatic rings. The van der Waals surface area contributed by atoms with Crippen molar-refractivity contribution in [3.63, 3.8) is 0 Å². The van der Waals surface area contributed by atoms with E-state index in [0.717, 1.165) is 6.42 Å². The van der Waals surface area contributed by atoms with E-state index in [1.54, 1.807) is 13.8 Å². The van der Waals surface area contributed by atoms with Crippen LogP contribution in [0.25, 0.3) is 0 Å². The first-order valence-electron chi connectivity index (χ1n) is 5.02. The predicted octanol–water partition coefficient (Wildman–Crippen LogP) is 4.54. The molecule has 0 radical (unpaired) electrons. The van der Waals surface area contributed by atoms with Gasteiger partial charge in [0.15, 0.2) is 0 Å². The molecule has 1 aliphatic rings. The van der Waals surface area contributed by atoms with Crippen molar-refractivity contribution in [2.75, 3.05) is 0 Å². The normalized spacial score (nSPS) is 16.2. The molecule has 0 bridgehead atoms. The number of allylic oxidation sites excluding steroid dienone is 4. The van der Waals surface area contributed by atoms with Gasteiger partial charge in [-0.1, -0.05) is 31.9 Å². The molecule has 14 heavy (non-hydrogen) atoms. The van der Waals surface area contributed by atoms with Crippen molar-refractivity contribution in [2.45, 2.75) is 46.5 Å². The number of hydrogen-bond acceptors (Lipinski definition) is 0. The SMILES string of the molecule is CC1=[C-]CC/C=C\CC1.[CH2-]C.[CH2-]C.[Pt]. The van der Waals surface area contributed by atoms with Gasteiger partial charge in [0, 0.05) is 21.1 Å². The van der Waals surface area contributed by atoms with E-state index in [0.29, 0.717) is 0 Å². The molecule has 0 amide bonds. The van der Waals surface area contributed by atoms with Crippen LogP contribution in [0, 0.1) is 19.9 Å². The second-order valence-electron chi connectivity index (χ2n) is 2.51. The third-order valence-corrected chi connectivity index (χ3v) is 1.59. The molecule has 0 nitrogen and oxygen atoms in total. The van der Waals surface area contributed by atoms with Gasteiger partial charge in [0.2, 0.25) is 0 Å². The molecule has 0 N–H and O–H groups in total. The summed E-state index contributed by atoms with van der Waals surface area (Å²) in [5, 5.41) is 0. The smallest absolute Gasteiger partial charge is 0 e. The number of rotatable bonds is 0. The van der Waals surface area contributed by atoms with Crippen molar-refractivity contribution in [3.8, 4) is 0 Å². The molecule has 0 saturated heterocycles. The van der Waals surface area contributed by atoms with Gasteiger partial charge < -0.3 is 19.9 Å². The second kappa shape index (κ2) is 18.9. The molecule has 0 saturated carbocycles. The second-order valence-corrected chi connectivity index (χ2v) is 2.51. The summed E-state index contributed by atoms with van der Waals surface area (Å²) in [5.74, 6) is 0. The predicted molar refractivity (Wildman–Crippen MR) is 62.1 cm³/mol. The molecular formula is C13H23Pt-3. The van der Waals surface area contributed by atoms with Crippen molar-refractivity contribution in [3.05, 3.63) is 37.6 Å². The van der Waals surface area contributed by atoms with Crippen LogP contribution in [-0.2, 0) is 21.1 Å². The maximum absolute atomic E-state index is 3.35. The molecule has 0 spiro atoms. The maximum Gasteiger partial charge on any atom is 0 e. The van der Waals surface area contributed by atoms with Crippen LogP contribution in [0.2, 0.25) is 0 Å². The minimum Gasteiger partial charge on any atom is -0.497 e. The zero-order chi connectivity index (χ0) is 10.5. The van der Waals surface area contributed by atoms with Crippen LogP contribution < -0.4 is 0 Å². The number of hydrogen-bond donors (Lipinski definition) is 0. The Kier molecular flexibility index (Phi) is 26.5. The van der Waals surface area contributed by atoms with Crippen LogP contribution in [0.5, 0.6) is 0 Å². The Morgan fingerprint density at radius 1 is 1.07 bits per heavy atom. The maximum atomic E-state index is 3.35. The van der Waals surface area contributed by atoms with E-state index in [2.05, 4.69) is 39.0 Å².